The van der Waals surface area contributed by atoms with Crippen molar-refractivity contribution in [2.45, 2.75) is 19.8 Å². The van der Waals surface area contributed by atoms with Crippen molar-refractivity contribution in [1.82, 2.24) is 0 Å². The van der Waals surface area contributed by atoms with Gasteiger partial charge >= 0.3 is 0 Å². The topological polar surface area (TPSA) is 50.5 Å². The van der Waals surface area contributed by atoms with E-state index in [2.05, 4.69) is 0 Å². The zero-order valence-electron chi connectivity index (χ0n) is 11.3. The van der Waals surface area contributed by atoms with E-state index in [0.717, 1.165) is 0 Å². The smallest absolute Gasteiger partial charge is 0.293 e. The van der Waals surface area contributed by atoms with Crippen LogP contribution in [0.25, 0.3) is 0 Å². The number of hydrogen-bond donors (Lipinski definition) is 0. The fourth-order valence-corrected chi connectivity index (χ4v) is 2.49. The molecule has 0 saturated heterocycles. The van der Waals surface area contributed by atoms with Crippen molar-refractivity contribution in [2.75, 3.05) is 11.4 Å². The van der Waals surface area contributed by atoms with E-state index in [4.69, 9.17) is 4.42 Å². The molecule has 0 saturated carbocycles. The van der Waals surface area contributed by atoms with E-state index in [1.54, 1.807) is 30.0 Å². The molecule has 102 valence electrons. The van der Waals surface area contributed by atoms with Crippen LogP contribution in [0, 0.1) is 6.92 Å². The van der Waals surface area contributed by atoms with Crippen molar-refractivity contribution in [3.05, 3.63) is 53.5 Å². The summed E-state index contributed by atoms with van der Waals surface area (Å²) in [5.41, 5.74) is 1.29. The molecule has 0 atom stereocenters. The summed E-state index contributed by atoms with van der Waals surface area (Å²) in [6.07, 6.45) is 1.14. The van der Waals surface area contributed by atoms with E-state index in [1.807, 2.05) is 18.2 Å². The molecule has 1 amide bonds. The molecule has 4 nitrogen and oxygen atoms in total. The highest BCUT2D eigenvalue weighted by Crippen LogP contribution is 2.27. The molecule has 3 rings (SSSR count). The van der Waals surface area contributed by atoms with Crippen LogP contribution in [0.1, 0.15) is 39.5 Å². The second-order valence-corrected chi connectivity index (χ2v) is 4.91. The Hall–Kier alpha value is -2.36. The van der Waals surface area contributed by atoms with Crippen molar-refractivity contribution in [1.29, 1.82) is 0 Å². The third-order valence-corrected chi connectivity index (χ3v) is 3.48. The first-order chi connectivity index (χ1) is 9.66. The second kappa shape index (κ2) is 4.96. The molecule has 1 aliphatic heterocycles. The van der Waals surface area contributed by atoms with E-state index in [9.17, 15) is 9.59 Å². The lowest BCUT2D eigenvalue weighted by Crippen LogP contribution is -2.31. The standard InChI is InChI=1S/C16H15NO3/c1-11-8-9-15(20-11)16(19)17-10-4-7-14(18)12-5-2-3-6-13(12)17/h2-3,5-6,8-9H,4,7,10H2,1H3. The third-order valence-electron chi connectivity index (χ3n) is 3.48. The van der Waals surface area contributed by atoms with Crippen molar-refractivity contribution >= 4 is 17.4 Å². The van der Waals surface area contributed by atoms with Gasteiger partial charge in [0.1, 0.15) is 5.76 Å². The summed E-state index contributed by atoms with van der Waals surface area (Å²) in [6, 6.07) is 10.7. The summed E-state index contributed by atoms with van der Waals surface area (Å²) in [5, 5.41) is 0. The van der Waals surface area contributed by atoms with Gasteiger partial charge in [0.2, 0.25) is 0 Å². The Kier molecular flexibility index (Phi) is 3.14. The molecule has 0 fully saturated rings. The maximum Gasteiger partial charge on any atom is 0.293 e. The first kappa shape index (κ1) is 12.7. The number of benzene rings is 1. The number of ketones is 1. The second-order valence-electron chi connectivity index (χ2n) is 4.91. The first-order valence-electron chi connectivity index (χ1n) is 6.67. The molecule has 20 heavy (non-hydrogen) atoms. The lowest BCUT2D eigenvalue weighted by Gasteiger charge is -2.21. The van der Waals surface area contributed by atoms with E-state index in [0.29, 0.717) is 42.2 Å². The van der Waals surface area contributed by atoms with Crippen molar-refractivity contribution < 1.29 is 14.0 Å². The minimum Gasteiger partial charge on any atom is -0.456 e. The minimum atomic E-state index is -0.194. The van der Waals surface area contributed by atoms with Gasteiger partial charge in [0.25, 0.3) is 5.91 Å². The van der Waals surface area contributed by atoms with Gasteiger partial charge in [0.15, 0.2) is 11.5 Å². The normalized spacial score (nSPS) is 14.8. The number of rotatable bonds is 1. The van der Waals surface area contributed by atoms with Crippen LogP contribution in [0.2, 0.25) is 0 Å². The van der Waals surface area contributed by atoms with E-state index >= 15 is 0 Å². The third kappa shape index (κ3) is 2.13. The summed E-state index contributed by atoms with van der Waals surface area (Å²) < 4.78 is 5.41. The summed E-state index contributed by atoms with van der Waals surface area (Å²) in [4.78, 5) is 26.2. The van der Waals surface area contributed by atoms with Crippen LogP contribution < -0.4 is 4.90 Å². The molecule has 1 aliphatic rings. The Morgan fingerprint density at radius 1 is 1.20 bits per heavy atom. The van der Waals surface area contributed by atoms with Gasteiger partial charge in [-0.05, 0) is 37.6 Å². The number of carbonyl (C=O) groups excluding carboxylic acids is 2. The Morgan fingerprint density at radius 2 is 2.00 bits per heavy atom. The zero-order valence-corrected chi connectivity index (χ0v) is 11.3. The SMILES string of the molecule is Cc1ccc(C(=O)N2CCCC(=O)c3ccccc32)o1. The zero-order chi connectivity index (χ0) is 14.1. The van der Waals surface area contributed by atoms with Crippen LogP contribution >= 0.6 is 0 Å². The number of hydrogen-bond acceptors (Lipinski definition) is 3. The number of furan rings is 1. The van der Waals surface area contributed by atoms with Gasteiger partial charge in [-0.2, -0.15) is 0 Å². The Morgan fingerprint density at radius 3 is 2.75 bits per heavy atom. The summed E-state index contributed by atoms with van der Waals surface area (Å²) in [7, 11) is 0. The molecule has 0 spiro atoms. The monoisotopic (exact) mass is 269 g/mol. The van der Waals surface area contributed by atoms with Crippen LogP contribution in [0.4, 0.5) is 5.69 Å². The van der Waals surface area contributed by atoms with E-state index < -0.39 is 0 Å². The number of fused-ring (bicyclic) bond motifs is 1. The number of amides is 1. The average Bonchev–Trinajstić information content (AvgIpc) is 2.82. The van der Waals surface area contributed by atoms with Gasteiger partial charge in [-0.3, -0.25) is 9.59 Å². The highest BCUT2D eigenvalue weighted by Gasteiger charge is 2.26. The van der Waals surface area contributed by atoms with Crippen molar-refractivity contribution in [3.63, 3.8) is 0 Å². The summed E-state index contributed by atoms with van der Waals surface area (Å²) in [5.74, 6) is 0.908. The number of carbonyl (C=O) groups is 2. The van der Waals surface area contributed by atoms with Gasteiger partial charge in [0, 0.05) is 18.5 Å². The molecule has 2 aromatic rings. The average molecular weight is 269 g/mol. The highest BCUT2D eigenvalue weighted by atomic mass is 16.3. The van der Waals surface area contributed by atoms with Crippen LogP contribution in [-0.2, 0) is 0 Å². The van der Waals surface area contributed by atoms with Crippen LogP contribution in [0.5, 0.6) is 0 Å². The quantitative estimate of drug-likeness (QED) is 0.798. The maximum atomic E-state index is 12.6. The number of nitrogens with zero attached hydrogens (tertiary/aromatic N) is 1. The van der Waals surface area contributed by atoms with Gasteiger partial charge in [-0.25, -0.2) is 0 Å². The Balaban J connectivity index is 2.03. The van der Waals surface area contributed by atoms with Crippen LogP contribution in [0.15, 0.2) is 40.8 Å². The number of aryl methyl sites for hydroxylation is 1. The Bertz CT molecular complexity index is 672. The molecule has 1 aromatic heterocycles. The molecule has 0 unspecified atom stereocenters. The van der Waals surface area contributed by atoms with Gasteiger partial charge in [0.05, 0.1) is 5.69 Å². The van der Waals surface area contributed by atoms with Crippen LogP contribution in [-0.4, -0.2) is 18.2 Å². The van der Waals surface area contributed by atoms with Crippen molar-refractivity contribution in [3.8, 4) is 0 Å². The predicted molar refractivity (Wildman–Crippen MR) is 75.1 cm³/mol. The number of Topliss-reactive ketones (excluding diaryl/α,β-unsaturated/α-hetero) is 1. The molecule has 2 heterocycles. The lowest BCUT2D eigenvalue weighted by atomic mass is 10.1. The summed E-state index contributed by atoms with van der Waals surface area (Å²) >= 11 is 0. The minimum absolute atomic E-state index is 0.0894. The largest absolute Gasteiger partial charge is 0.456 e. The number of anilines is 1. The molecule has 0 bridgehead atoms. The fourth-order valence-electron chi connectivity index (χ4n) is 2.49. The predicted octanol–water partition coefficient (Wildman–Crippen LogP) is 3.21. The van der Waals surface area contributed by atoms with Gasteiger partial charge < -0.3 is 9.32 Å². The molecular weight excluding hydrogens is 254 g/mol. The molecule has 4 heteroatoms. The molecule has 0 N–H and O–H groups in total. The molecule has 1 aromatic carbocycles. The highest BCUT2D eigenvalue weighted by molar-refractivity contribution is 6.10. The summed E-state index contributed by atoms with van der Waals surface area (Å²) in [6.45, 7) is 2.33. The fraction of sp³-hybridized carbons (Fsp3) is 0.250. The number of para-hydroxylation sites is 1. The van der Waals surface area contributed by atoms with E-state index in [1.165, 1.54) is 0 Å². The van der Waals surface area contributed by atoms with Gasteiger partial charge in [-0.1, -0.05) is 12.1 Å². The molecule has 0 aliphatic carbocycles. The molecular formula is C16H15NO3. The maximum absolute atomic E-state index is 12.6. The van der Waals surface area contributed by atoms with Crippen LogP contribution in [0.3, 0.4) is 0 Å². The van der Waals surface area contributed by atoms with E-state index in [-0.39, 0.29) is 11.7 Å². The first-order valence-corrected chi connectivity index (χ1v) is 6.67. The lowest BCUT2D eigenvalue weighted by molar-refractivity contribution is 0.0955. The van der Waals surface area contributed by atoms with Crippen molar-refractivity contribution in [2.24, 2.45) is 0 Å². The Labute approximate surface area is 117 Å². The van der Waals surface area contributed by atoms with Gasteiger partial charge in [-0.15, -0.1) is 0 Å². The molecule has 0 radical (unpaired) electrons.